The van der Waals surface area contributed by atoms with E-state index in [9.17, 15) is 13.2 Å². The van der Waals surface area contributed by atoms with E-state index in [2.05, 4.69) is 10.5 Å². The second-order valence-electron chi connectivity index (χ2n) is 9.24. The quantitative estimate of drug-likeness (QED) is 0.461. The third-order valence-corrected chi connectivity index (χ3v) is 8.31. The van der Waals surface area contributed by atoms with E-state index in [-0.39, 0.29) is 11.4 Å². The second kappa shape index (κ2) is 14.0. The molecule has 1 aliphatic rings. The van der Waals surface area contributed by atoms with Gasteiger partial charge in [-0.2, -0.15) is 5.10 Å². The van der Waals surface area contributed by atoms with Gasteiger partial charge in [0.15, 0.2) is 0 Å². The summed E-state index contributed by atoms with van der Waals surface area (Å²) in [6.45, 7) is 1.71. The molecule has 1 N–H and O–H groups in total. The summed E-state index contributed by atoms with van der Waals surface area (Å²) in [6.07, 6.45) is 13.6. The lowest BCUT2D eigenvalue weighted by Crippen LogP contribution is -2.39. The number of aryl methyl sites for hydroxylation is 1. The van der Waals surface area contributed by atoms with Crippen LogP contribution in [0.2, 0.25) is 0 Å². The van der Waals surface area contributed by atoms with Gasteiger partial charge in [-0.1, -0.05) is 82.2 Å². The fraction of sp³-hybridized carbons (Fsp3) is 0.500. The lowest BCUT2D eigenvalue weighted by atomic mass is 10.00. The summed E-state index contributed by atoms with van der Waals surface area (Å²) in [5.74, 6) is -0.442. The van der Waals surface area contributed by atoms with Gasteiger partial charge in [0.05, 0.1) is 10.6 Å². The molecule has 2 aromatic rings. The minimum atomic E-state index is -3.91. The molecule has 0 radical (unpaired) electrons. The Bertz CT molecular complexity index is 1040. The van der Waals surface area contributed by atoms with Gasteiger partial charge in [0.1, 0.15) is 6.54 Å². The zero-order valence-electron chi connectivity index (χ0n) is 20.9. The maximum atomic E-state index is 13.5. The summed E-state index contributed by atoms with van der Waals surface area (Å²) < 4.78 is 28.1. The van der Waals surface area contributed by atoms with E-state index >= 15 is 0 Å². The van der Waals surface area contributed by atoms with Crippen molar-refractivity contribution in [2.75, 3.05) is 10.8 Å². The first-order chi connectivity index (χ1) is 17.0. The second-order valence-corrected chi connectivity index (χ2v) is 11.1. The maximum Gasteiger partial charge on any atom is 0.264 e. The summed E-state index contributed by atoms with van der Waals surface area (Å²) in [5, 5.41) is 4.44. The Balaban J connectivity index is 1.75. The highest BCUT2D eigenvalue weighted by Crippen LogP contribution is 2.24. The summed E-state index contributed by atoms with van der Waals surface area (Å²) >= 11 is 0. The average molecular weight is 498 g/mol. The molecule has 0 bridgehead atoms. The van der Waals surface area contributed by atoms with Crippen LogP contribution in [0.25, 0.3) is 0 Å². The number of amides is 1. The average Bonchev–Trinajstić information content (AvgIpc) is 2.87. The van der Waals surface area contributed by atoms with Crippen molar-refractivity contribution in [3.63, 3.8) is 0 Å². The molecule has 0 atom stereocenters. The van der Waals surface area contributed by atoms with Crippen LogP contribution in [-0.2, 0) is 21.2 Å². The molecular weight excluding hydrogens is 458 g/mol. The Labute approximate surface area is 210 Å². The molecule has 1 saturated carbocycles. The first kappa shape index (κ1) is 26.9. The number of carbonyl (C=O) groups excluding carboxylic acids is 1. The summed E-state index contributed by atoms with van der Waals surface area (Å²) in [4.78, 5) is 13.1. The normalized spacial score (nSPS) is 16.0. The highest BCUT2D eigenvalue weighted by Gasteiger charge is 2.27. The monoisotopic (exact) mass is 497 g/mol. The highest BCUT2D eigenvalue weighted by molar-refractivity contribution is 7.92. The minimum absolute atomic E-state index is 0.151. The zero-order valence-corrected chi connectivity index (χ0v) is 21.7. The largest absolute Gasteiger partial charge is 0.271 e. The Morgan fingerprint density at radius 2 is 1.37 bits per heavy atom. The third kappa shape index (κ3) is 8.49. The number of hydrogen-bond acceptors (Lipinski definition) is 4. The van der Waals surface area contributed by atoms with Crippen LogP contribution in [0.4, 0.5) is 5.69 Å². The van der Waals surface area contributed by atoms with Crippen LogP contribution in [0.3, 0.4) is 0 Å². The molecule has 0 heterocycles. The fourth-order valence-corrected chi connectivity index (χ4v) is 5.81. The minimum Gasteiger partial charge on any atom is -0.271 e. The fourth-order valence-electron chi connectivity index (χ4n) is 4.37. The number of hydrogen-bond donors (Lipinski definition) is 1. The summed E-state index contributed by atoms with van der Waals surface area (Å²) in [7, 11) is -3.91. The van der Waals surface area contributed by atoms with E-state index in [0.717, 1.165) is 47.7 Å². The number of sulfonamides is 1. The van der Waals surface area contributed by atoms with Crippen molar-refractivity contribution in [2.45, 2.75) is 88.9 Å². The molecule has 35 heavy (non-hydrogen) atoms. The molecular formula is C28H39N3O3S. The summed E-state index contributed by atoms with van der Waals surface area (Å²) in [5.41, 5.74) is 5.22. The molecule has 0 aliphatic heterocycles. The molecule has 190 valence electrons. The van der Waals surface area contributed by atoms with Gasteiger partial charge < -0.3 is 0 Å². The highest BCUT2D eigenvalue weighted by atomic mass is 32.2. The van der Waals surface area contributed by atoms with E-state index in [4.69, 9.17) is 0 Å². The van der Waals surface area contributed by atoms with Crippen LogP contribution in [0.1, 0.15) is 83.1 Å². The topological polar surface area (TPSA) is 78.8 Å². The van der Waals surface area contributed by atoms with Crippen LogP contribution in [0.5, 0.6) is 0 Å². The van der Waals surface area contributed by atoms with E-state index < -0.39 is 15.9 Å². The van der Waals surface area contributed by atoms with Gasteiger partial charge in [-0.05, 0) is 61.9 Å². The third-order valence-electron chi connectivity index (χ3n) is 6.52. The van der Waals surface area contributed by atoms with Crippen molar-refractivity contribution in [1.82, 2.24) is 5.43 Å². The molecule has 0 unspecified atom stereocenters. The Kier molecular flexibility index (Phi) is 10.8. The lowest BCUT2D eigenvalue weighted by Gasteiger charge is -2.24. The van der Waals surface area contributed by atoms with Crippen molar-refractivity contribution in [2.24, 2.45) is 5.10 Å². The molecule has 0 saturated heterocycles. The maximum absolute atomic E-state index is 13.5. The van der Waals surface area contributed by atoms with Crippen molar-refractivity contribution >= 4 is 27.3 Å². The smallest absolute Gasteiger partial charge is 0.264 e. The SMILES string of the molecule is CCc1ccc(N(CC(=O)NN=C2CCCCCCCCCCC2)S(=O)(=O)c2ccccc2)cc1. The van der Waals surface area contributed by atoms with Crippen LogP contribution >= 0.6 is 0 Å². The molecule has 0 aromatic heterocycles. The Morgan fingerprint density at radius 1 is 0.829 bits per heavy atom. The molecule has 6 nitrogen and oxygen atoms in total. The van der Waals surface area contributed by atoms with Crippen LogP contribution in [-0.4, -0.2) is 26.6 Å². The van der Waals surface area contributed by atoms with Crippen LogP contribution in [0, 0.1) is 0 Å². The number of nitrogens with one attached hydrogen (secondary N) is 1. The Morgan fingerprint density at radius 3 is 1.91 bits per heavy atom. The van der Waals surface area contributed by atoms with E-state index in [1.54, 1.807) is 42.5 Å². The van der Waals surface area contributed by atoms with Crippen molar-refractivity contribution in [3.8, 4) is 0 Å². The predicted octanol–water partition coefficient (Wildman–Crippen LogP) is 6.22. The van der Waals surface area contributed by atoms with Gasteiger partial charge in [-0.25, -0.2) is 13.8 Å². The van der Waals surface area contributed by atoms with Gasteiger partial charge in [-0.3, -0.25) is 9.10 Å². The molecule has 2 aromatic carbocycles. The van der Waals surface area contributed by atoms with E-state index in [1.807, 2.05) is 19.1 Å². The molecule has 1 fully saturated rings. The number of carbonyl (C=O) groups is 1. The van der Waals surface area contributed by atoms with Crippen molar-refractivity contribution < 1.29 is 13.2 Å². The van der Waals surface area contributed by atoms with Gasteiger partial charge in [0.25, 0.3) is 15.9 Å². The van der Waals surface area contributed by atoms with Crippen LogP contribution < -0.4 is 9.73 Å². The van der Waals surface area contributed by atoms with Crippen LogP contribution in [0.15, 0.2) is 64.6 Å². The standard InChI is InChI=1S/C28H39N3O3S/c1-2-24-19-21-26(22-20-24)31(35(33,34)27-17-13-10-14-18-27)23-28(32)30-29-25-15-11-8-6-4-3-5-7-9-12-16-25/h10,13-14,17-22H,2-9,11-12,15-16,23H2,1H3,(H,30,32). The first-order valence-electron chi connectivity index (χ1n) is 13.0. The molecule has 0 spiro atoms. The number of hydrazone groups is 1. The molecule has 1 aliphatic carbocycles. The molecule has 7 heteroatoms. The van der Waals surface area contributed by atoms with E-state index in [1.165, 1.54) is 44.9 Å². The van der Waals surface area contributed by atoms with E-state index in [0.29, 0.717) is 5.69 Å². The molecule has 3 rings (SSSR count). The number of rotatable bonds is 7. The Hall–Kier alpha value is -2.67. The first-order valence-corrected chi connectivity index (χ1v) is 14.5. The van der Waals surface area contributed by atoms with Gasteiger partial charge in [0.2, 0.25) is 0 Å². The van der Waals surface area contributed by atoms with Crippen molar-refractivity contribution in [3.05, 3.63) is 60.2 Å². The zero-order chi connectivity index (χ0) is 24.9. The van der Waals surface area contributed by atoms with Gasteiger partial charge >= 0.3 is 0 Å². The summed E-state index contributed by atoms with van der Waals surface area (Å²) in [6, 6.07) is 15.5. The lowest BCUT2D eigenvalue weighted by molar-refractivity contribution is -0.119. The van der Waals surface area contributed by atoms with Gasteiger partial charge in [-0.15, -0.1) is 0 Å². The molecule has 1 amide bonds. The number of nitrogens with zero attached hydrogens (tertiary/aromatic N) is 2. The van der Waals surface area contributed by atoms with Gasteiger partial charge in [0, 0.05) is 5.71 Å². The number of anilines is 1. The van der Waals surface area contributed by atoms with Crippen molar-refractivity contribution in [1.29, 1.82) is 0 Å². The predicted molar refractivity (Wildman–Crippen MR) is 143 cm³/mol. The number of benzene rings is 2.